The summed E-state index contributed by atoms with van der Waals surface area (Å²) < 4.78 is 5.76. The lowest BCUT2D eigenvalue weighted by atomic mass is 9.83. The number of nitrogens with two attached hydrogens (primary N) is 2. The summed E-state index contributed by atoms with van der Waals surface area (Å²) >= 11 is 0. The van der Waals surface area contributed by atoms with E-state index in [9.17, 15) is 4.79 Å². The third-order valence-corrected chi connectivity index (χ3v) is 3.51. The van der Waals surface area contributed by atoms with E-state index in [-0.39, 0.29) is 17.9 Å². The number of hydrogen-bond donors (Lipinski definition) is 2. The van der Waals surface area contributed by atoms with Gasteiger partial charge in [0.25, 0.3) is 0 Å². The first-order valence-corrected chi connectivity index (χ1v) is 5.71. The molecule has 2 atom stereocenters. The number of carbonyl (C=O) groups is 1. The van der Waals surface area contributed by atoms with Gasteiger partial charge in [-0.25, -0.2) is 0 Å². The fraction of sp³-hybridized carbons (Fsp3) is 0.308. The van der Waals surface area contributed by atoms with Gasteiger partial charge in [0.2, 0.25) is 5.91 Å². The largest absolute Gasteiger partial charge is 0.461 e. The second-order valence-corrected chi connectivity index (χ2v) is 4.58. The maximum Gasteiger partial charge on any atom is 0.222 e. The predicted octanol–water partition coefficient (Wildman–Crippen LogP) is 0.960. The van der Waals surface area contributed by atoms with E-state index in [1.165, 1.54) is 0 Å². The highest BCUT2D eigenvalue weighted by molar-refractivity contribution is 5.84. The highest BCUT2D eigenvalue weighted by atomic mass is 16.3. The van der Waals surface area contributed by atoms with Crippen LogP contribution in [0.1, 0.15) is 11.3 Å². The van der Waals surface area contributed by atoms with Crippen molar-refractivity contribution in [2.24, 2.45) is 17.4 Å². The fourth-order valence-electron chi connectivity index (χ4n) is 2.58. The number of rotatable bonds is 1. The van der Waals surface area contributed by atoms with Gasteiger partial charge in [0, 0.05) is 23.4 Å². The lowest BCUT2D eigenvalue weighted by Gasteiger charge is -2.25. The van der Waals surface area contributed by atoms with Crippen LogP contribution >= 0.6 is 0 Å². The molecule has 0 bridgehead atoms. The minimum atomic E-state index is -0.344. The molecule has 0 spiro atoms. The van der Waals surface area contributed by atoms with E-state index >= 15 is 0 Å². The van der Waals surface area contributed by atoms with Gasteiger partial charge >= 0.3 is 0 Å². The van der Waals surface area contributed by atoms with Crippen LogP contribution in [0.3, 0.4) is 0 Å². The molecular formula is C13H14N2O2. The van der Waals surface area contributed by atoms with Crippen LogP contribution in [-0.2, 0) is 17.6 Å². The molecule has 1 heterocycles. The summed E-state index contributed by atoms with van der Waals surface area (Å²) in [7, 11) is 0. The summed E-state index contributed by atoms with van der Waals surface area (Å²) in [5.41, 5.74) is 13.3. The summed E-state index contributed by atoms with van der Waals surface area (Å²) in [6.07, 6.45) is 1.17. The molecule has 88 valence electrons. The highest BCUT2D eigenvalue weighted by Gasteiger charge is 2.33. The van der Waals surface area contributed by atoms with Crippen molar-refractivity contribution in [1.82, 2.24) is 0 Å². The third kappa shape index (κ3) is 1.52. The fourth-order valence-corrected chi connectivity index (χ4v) is 2.58. The molecule has 1 aromatic heterocycles. The average molecular weight is 230 g/mol. The standard InChI is InChI=1S/C13H14N2O2/c14-10-5-8-7-3-1-2-4-11(7)17-12(8)6-9(10)13(15)16/h1-4,9-10H,5-6,14H2,(H2,15,16). The van der Waals surface area contributed by atoms with Crippen LogP contribution in [0.25, 0.3) is 11.0 Å². The number of amides is 1. The van der Waals surface area contributed by atoms with E-state index in [4.69, 9.17) is 15.9 Å². The van der Waals surface area contributed by atoms with Gasteiger partial charge in [0.05, 0.1) is 5.92 Å². The number of fused-ring (bicyclic) bond motifs is 3. The zero-order valence-electron chi connectivity index (χ0n) is 9.35. The maximum absolute atomic E-state index is 11.3. The maximum atomic E-state index is 11.3. The van der Waals surface area contributed by atoms with Crippen LogP contribution in [-0.4, -0.2) is 11.9 Å². The first-order valence-electron chi connectivity index (χ1n) is 5.71. The SMILES string of the molecule is NC(=O)C1Cc2oc3ccccc3c2CC1N. The number of hydrogen-bond acceptors (Lipinski definition) is 3. The lowest BCUT2D eigenvalue weighted by molar-refractivity contribution is -0.122. The molecule has 0 saturated heterocycles. The molecule has 1 aliphatic carbocycles. The van der Waals surface area contributed by atoms with Crippen LogP contribution in [0.15, 0.2) is 28.7 Å². The average Bonchev–Trinajstić information content (AvgIpc) is 2.65. The topological polar surface area (TPSA) is 82.2 Å². The van der Waals surface area contributed by atoms with Gasteiger partial charge in [0.15, 0.2) is 0 Å². The van der Waals surface area contributed by atoms with Crippen molar-refractivity contribution in [2.45, 2.75) is 18.9 Å². The molecule has 4 heteroatoms. The van der Waals surface area contributed by atoms with Crippen molar-refractivity contribution < 1.29 is 9.21 Å². The highest BCUT2D eigenvalue weighted by Crippen LogP contribution is 2.33. The first-order chi connectivity index (χ1) is 8.16. The van der Waals surface area contributed by atoms with Gasteiger partial charge in [-0.3, -0.25) is 4.79 Å². The number of para-hydroxylation sites is 1. The molecule has 1 aromatic carbocycles. The molecule has 1 aliphatic rings. The lowest BCUT2D eigenvalue weighted by Crippen LogP contribution is -2.44. The van der Waals surface area contributed by atoms with Crippen molar-refractivity contribution >= 4 is 16.9 Å². The summed E-state index contributed by atoms with van der Waals surface area (Å²) in [6, 6.07) is 7.65. The second kappa shape index (κ2) is 3.60. The second-order valence-electron chi connectivity index (χ2n) is 4.58. The number of furan rings is 1. The van der Waals surface area contributed by atoms with Crippen LogP contribution in [0.5, 0.6) is 0 Å². The Morgan fingerprint density at radius 3 is 2.82 bits per heavy atom. The van der Waals surface area contributed by atoms with Crippen LogP contribution in [0.4, 0.5) is 0 Å². The van der Waals surface area contributed by atoms with Crippen LogP contribution in [0.2, 0.25) is 0 Å². The molecule has 4 nitrogen and oxygen atoms in total. The Labute approximate surface area is 98.6 Å². The van der Waals surface area contributed by atoms with Crippen molar-refractivity contribution in [3.05, 3.63) is 35.6 Å². The van der Waals surface area contributed by atoms with E-state index in [2.05, 4.69) is 0 Å². The van der Waals surface area contributed by atoms with Crippen molar-refractivity contribution in [1.29, 1.82) is 0 Å². The molecule has 2 aromatic rings. The summed E-state index contributed by atoms with van der Waals surface area (Å²) in [6.45, 7) is 0. The van der Waals surface area contributed by atoms with Crippen LogP contribution in [0, 0.1) is 5.92 Å². The smallest absolute Gasteiger partial charge is 0.222 e. The predicted molar refractivity (Wildman–Crippen MR) is 64.3 cm³/mol. The van der Waals surface area contributed by atoms with E-state index < -0.39 is 0 Å². The molecule has 4 N–H and O–H groups in total. The monoisotopic (exact) mass is 230 g/mol. The van der Waals surface area contributed by atoms with Gasteiger partial charge < -0.3 is 15.9 Å². The van der Waals surface area contributed by atoms with E-state index in [1.54, 1.807) is 0 Å². The molecule has 0 radical (unpaired) electrons. The Morgan fingerprint density at radius 2 is 2.06 bits per heavy atom. The van der Waals surface area contributed by atoms with Crippen LogP contribution < -0.4 is 11.5 Å². The Bertz CT molecular complexity index is 588. The summed E-state index contributed by atoms with van der Waals surface area (Å²) in [5.74, 6) is 0.198. The number of carbonyl (C=O) groups excluding carboxylic acids is 1. The van der Waals surface area contributed by atoms with Gasteiger partial charge in [0.1, 0.15) is 11.3 Å². The van der Waals surface area contributed by atoms with Gasteiger partial charge in [-0.15, -0.1) is 0 Å². The van der Waals surface area contributed by atoms with Crippen molar-refractivity contribution in [3.63, 3.8) is 0 Å². The summed E-state index contributed by atoms with van der Waals surface area (Å²) in [5, 5.41) is 1.10. The minimum absolute atomic E-state index is 0.207. The zero-order valence-corrected chi connectivity index (χ0v) is 9.35. The zero-order chi connectivity index (χ0) is 12.0. The van der Waals surface area contributed by atoms with Gasteiger partial charge in [-0.2, -0.15) is 0 Å². The Kier molecular flexibility index (Phi) is 2.19. The molecule has 0 saturated carbocycles. The minimum Gasteiger partial charge on any atom is -0.461 e. The normalized spacial score (nSPS) is 23.6. The number of primary amides is 1. The third-order valence-electron chi connectivity index (χ3n) is 3.51. The molecule has 17 heavy (non-hydrogen) atoms. The quantitative estimate of drug-likeness (QED) is 0.765. The van der Waals surface area contributed by atoms with E-state index in [0.29, 0.717) is 12.8 Å². The van der Waals surface area contributed by atoms with Crippen molar-refractivity contribution in [3.8, 4) is 0 Å². The molecule has 0 fully saturated rings. The molecule has 3 rings (SSSR count). The Balaban J connectivity index is 2.12. The van der Waals surface area contributed by atoms with Crippen molar-refractivity contribution in [2.75, 3.05) is 0 Å². The summed E-state index contributed by atoms with van der Waals surface area (Å²) in [4.78, 5) is 11.3. The molecule has 0 aliphatic heterocycles. The molecule has 2 unspecified atom stereocenters. The first kappa shape index (κ1) is 10.4. The Hall–Kier alpha value is -1.81. The van der Waals surface area contributed by atoms with E-state index in [0.717, 1.165) is 22.3 Å². The Morgan fingerprint density at radius 1 is 1.29 bits per heavy atom. The van der Waals surface area contributed by atoms with Gasteiger partial charge in [-0.05, 0) is 12.5 Å². The number of benzene rings is 1. The molecular weight excluding hydrogens is 216 g/mol. The van der Waals surface area contributed by atoms with E-state index in [1.807, 2.05) is 24.3 Å². The van der Waals surface area contributed by atoms with Gasteiger partial charge in [-0.1, -0.05) is 18.2 Å². The molecule has 1 amide bonds.